The van der Waals surface area contributed by atoms with Gasteiger partial charge in [-0.25, -0.2) is 4.39 Å². The van der Waals surface area contributed by atoms with Crippen LogP contribution in [0.25, 0.3) is 0 Å². The van der Waals surface area contributed by atoms with Crippen LogP contribution in [0.4, 0.5) is 4.39 Å². The third kappa shape index (κ3) is 3.84. The van der Waals surface area contributed by atoms with Crippen LogP contribution in [0.3, 0.4) is 0 Å². The van der Waals surface area contributed by atoms with Crippen molar-refractivity contribution in [2.75, 3.05) is 0 Å². The Morgan fingerprint density at radius 2 is 1.76 bits per heavy atom. The lowest BCUT2D eigenvalue weighted by atomic mass is 10.1. The molecule has 0 aliphatic heterocycles. The molecule has 17 heavy (non-hydrogen) atoms. The molecule has 0 aliphatic rings. The molecule has 0 fully saturated rings. The molecule has 96 valence electrons. The number of nitrogens with one attached hydrogen (secondary N) is 1. The normalized spacial score (nSPS) is 13.1. The molecule has 0 spiro atoms. The lowest BCUT2D eigenvalue weighted by Crippen LogP contribution is -2.30. The third-order valence-electron chi connectivity index (χ3n) is 2.98. The maximum absolute atomic E-state index is 13.4. The summed E-state index contributed by atoms with van der Waals surface area (Å²) in [6.45, 7) is 6.22. The van der Waals surface area contributed by atoms with Crippen LogP contribution in [0.1, 0.15) is 45.2 Å². The van der Waals surface area contributed by atoms with Crippen molar-refractivity contribution < 1.29 is 4.39 Å². The fourth-order valence-electron chi connectivity index (χ4n) is 1.84. The molecule has 1 nitrogen and oxygen atoms in total. The van der Waals surface area contributed by atoms with Crippen molar-refractivity contribution in [1.82, 2.24) is 5.32 Å². The Kier molecular flexibility index (Phi) is 5.71. The van der Waals surface area contributed by atoms with Gasteiger partial charge in [-0.15, -0.1) is 0 Å². The van der Waals surface area contributed by atoms with E-state index in [4.69, 9.17) is 23.2 Å². The van der Waals surface area contributed by atoms with E-state index < -0.39 is 5.82 Å². The first-order valence-electron chi connectivity index (χ1n) is 5.90. The Hall–Kier alpha value is -0.310. The highest BCUT2D eigenvalue weighted by Gasteiger charge is 2.15. The van der Waals surface area contributed by atoms with E-state index in [1.165, 1.54) is 12.1 Å². The van der Waals surface area contributed by atoms with Gasteiger partial charge in [-0.05, 0) is 37.5 Å². The summed E-state index contributed by atoms with van der Waals surface area (Å²) in [4.78, 5) is 0. The van der Waals surface area contributed by atoms with Crippen LogP contribution in [0.2, 0.25) is 10.0 Å². The maximum atomic E-state index is 13.4. The van der Waals surface area contributed by atoms with Gasteiger partial charge in [0.05, 0.1) is 5.02 Å². The monoisotopic (exact) mass is 277 g/mol. The first-order chi connectivity index (χ1) is 7.99. The van der Waals surface area contributed by atoms with Gasteiger partial charge in [0.2, 0.25) is 0 Å². The highest BCUT2D eigenvalue weighted by Crippen LogP contribution is 2.29. The van der Waals surface area contributed by atoms with Crippen LogP contribution in [0.5, 0.6) is 0 Å². The minimum Gasteiger partial charge on any atom is -0.307 e. The summed E-state index contributed by atoms with van der Waals surface area (Å²) in [7, 11) is 0. The van der Waals surface area contributed by atoms with Gasteiger partial charge in [-0.1, -0.05) is 37.0 Å². The van der Waals surface area contributed by atoms with Gasteiger partial charge in [0.25, 0.3) is 0 Å². The second-order valence-electron chi connectivity index (χ2n) is 4.19. The standard InChI is InChI=1S/C13H18Cl2FN/c1-4-9(5-2)17-8(3)10-6-13(16)12(15)7-11(10)14/h6-9,17H,4-5H2,1-3H3. The van der Waals surface area contributed by atoms with Gasteiger partial charge < -0.3 is 5.32 Å². The zero-order chi connectivity index (χ0) is 13.0. The van der Waals surface area contributed by atoms with Gasteiger partial charge >= 0.3 is 0 Å². The van der Waals surface area contributed by atoms with E-state index in [0.29, 0.717) is 11.1 Å². The lowest BCUT2D eigenvalue weighted by molar-refractivity contribution is 0.431. The van der Waals surface area contributed by atoms with Gasteiger partial charge in [-0.2, -0.15) is 0 Å². The number of rotatable bonds is 5. The molecule has 1 rings (SSSR count). The molecule has 1 aromatic rings. The quantitative estimate of drug-likeness (QED) is 0.750. The summed E-state index contributed by atoms with van der Waals surface area (Å²) in [6.07, 6.45) is 2.07. The Morgan fingerprint density at radius 3 is 2.29 bits per heavy atom. The first-order valence-corrected chi connectivity index (χ1v) is 6.65. The molecule has 0 bridgehead atoms. The van der Waals surface area contributed by atoms with Crippen LogP contribution in [-0.2, 0) is 0 Å². The van der Waals surface area contributed by atoms with Crippen LogP contribution in [-0.4, -0.2) is 6.04 Å². The maximum Gasteiger partial charge on any atom is 0.142 e. The first kappa shape index (κ1) is 14.7. The van der Waals surface area contributed by atoms with E-state index in [0.717, 1.165) is 18.4 Å². The van der Waals surface area contributed by atoms with E-state index in [9.17, 15) is 4.39 Å². The summed E-state index contributed by atoms with van der Waals surface area (Å²) < 4.78 is 13.4. The van der Waals surface area contributed by atoms with E-state index in [1.54, 1.807) is 0 Å². The molecular formula is C13H18Cl2FN. The van der Waals surface area contributed by atoms with Crippen molar-refractivity contribution in [3.63, 3.8) is 0 Å². The van der Waals surface area contributed by atoms with Crippen LogP contribution in [0, 0.1) is 5.82 Å². The lowest BCUT2D eigenvalue weighted by Gasteiger charge is -2.22. The summed E-state index contributed by atoms with van der Waals surface area (Å²) in [6, 6.07) is 3.29. The minimum absolute atomic E-state index is 0.0131. The molecule has 1 aromatic carbocycles. The third-order valence-corrected chi connectivity index (χ3v) is 3.59. The number of hydrogen-bond acceptors (Lipinski definition) is 1. The Morgan fingerprint density at radius 1 is 1.18 bits per heavy atom. The highest BCUT2D eigenvalue weighted by atomic mass is 35.5. The molecule has 0 saturated carbocycles. The second kappa shape index (κ2) is 6.58. The summed E-state index contributed by atoms with van der Waals surface area (Å²) >= 11 is 11.7. The Labute approximate surface area is 112 Å². The predicted octanol–water partition coefficient (Wildman–Crippen LogP) is 4.97. The second-order valence-corrected chi connectivity index (χ2v) is 5.00. The minimum atomic E-state index is -0.427. The molecular weight excluding hydrogens is 260 g/mol. The molecule has 1 N–H and O–H groups in total. The molecule has 1 unspecified atom stereocenters. The molecule has 0 saturated heterocycles. The molecule has 4 heteroatoms. The molecule has 0 radical (unpaired) electrons. The van der Waals surface area contributed by atoms with Crippen LogP contribution >= 0.6 is 23.2 Å². The molecule has 0 aliphatic carbocycles. The predicted molar refractivity (Wildman–Crippen MR) is 72.3 cm³/mol. The summed E-state index contributed by atoms with van der Waals surface area (Å²) in [5.41, 5.74) is 0.750. The fraction of sp³-hybridized carbons (Fsp3) is 0.538. The van der Waals surface area contributed by atoms with E-state index in [-0.39, 0.29) is 11.1 Å². The zero-order valence-electron chi connectivity index (χ0n) is 10.4. The van der Waals surface area contributed by atoms with Gasteiger partial charge in [0.15, 0.2) is 0 Å². The number of benzene rings is 1. The number of halogens is 3. The van der Waals surface area contributed by atoms with E-state index in [1.807, 2.05) is 6.92 Å². The molecule has 1 atom stereocenters. The average Bonchev–Trinajstić information content (AvgIpc) is 2.30. The molecule has 0 amide bonds. The smallest absolute Gasteiger partial charge is 0.142 e. The zero-order valence-corrected chi connectivity index (χ0v) is 11.9. The SMILES string of the molecule is CCC(CC)NC(C)c1cc(F)c(Cl)cc1Cl. The van der Waals surface area contributed by atoms with Gasteiger partial charge in [0, 0.05) is 17.1 Å². The van der Waals surface area contributed by atoms with Crippen molar-refractivity contribution in [2.24, 2.45) is 0 Å². The average molecular weight is 278 g/mol. The highest BCUT2D eigenvalue weighted by molar-refractivity contribution is 6.35. The topological polar surface area (TPSA) is 12.0 Å². The molecule has 0 aromatic heterocycles. The summed E-state index contributed by atoms with van der Waals surface area (Å²) in [5, 5.41) is 3.99. The Bertz CT molecular complexity index is 378. The van der Waals surface area contributed by atoms with E-state index >= 15 is 0 Å². The van der Waals surface area contributed by atoms with Gasteiger partial charge in [-0.3, -0.25) is 0 Å². The largest absolute Gasteiger partial charge is 0.307 e. The van der Waals surface area contributed by atoms with Crippen molar-refractivity contribution in [3.05, 3.63) is 33.6 Å². The van der Waals surface area contributed by atoms with Crippen molar-refractivity contribution in [1.29, 1.82) is 0 Å². The van der Waals surface area contributed by atoms with Crippen LogP contribution in [0.15, 0.2) is 12.1 Å². The number of hydrogen-bond donors (Lipinski definition) is 1. The summed E-state index contributed by atoms with van der Waals surface area (Å²) in [5.74, 6) is -0.427. The van der Waals surface area contributed by atoms with Crippen molar-refractivity contribution >= 4 is 23.2 Å². The van der Waals surface area contributed by atoms with Gasteiger partial charge in [0.1, 0.15) is 5.82 Å². The Balaban J connectivity index is 2.88. The fourth-order valence-corrected chi connectivity index (χ4v) is 2.38. The van der Waals surface area contributed by atoms with Crippen LogP contribution < -0.4 is 5.32 Å². The van der Waals surface area contributed by atoms with Crippen molar-refractivity contribution in [3.8, 4) is 0 Å². The van der Waals surface area contributed by atoms with E-state index in [2.05, 4.69) is 19.2 Å². The van der Waals surface area contributed by atoms with Crippen molar-refractivity contribution in [2.45, 2.75) is 45.7 Å². The molecule has 0 heterocycles.